The molecule has 0 spiro atoms. The van der Waals surface area contributed by atoms with Crippen LogP contribution in [0, 0.1) is 5.92 Å². The molecule has 1 aliphatic heterocycles. The molecule has 1 saturated heterocycles. The Balaban J connectivity index is 2.25. The number of nitrogens with one attached hydrogen (secondary N) is 1. The van der Waals surface area contributed by atoms with Gasteiger partial charge in [0.15, 0.2) is 0 Å². The van der Waals surface area contributed by atoms with Gasteiger partial charge < -0.3 is 5.32 Å². The van der Waals surface area contributed by atoms with Gasteiger partial charge in [-0.15, -0.1) is 0 Å². The fourth-order valence-corrected chi connectivity index (χ4v) is 3.54. The van der Waals surface area contributed by atoms with E-state index in [1.54, 1.807) is 0 Å². The molecule has 1 aliphatic rings. The maximum absolute atomic E-state index is 4.30. The summed E-state index contributed by atoms with van der Waals surface area (Å²) in [6.45, 7) is 13.8. The van der Waals surface area contributed by atoms with Gasteiger partial charge in [0.1, 0.15) is 0 Å². The van der Waals surface area contributed by atoms with Crippen molar-refractivity contribution in [2.45, 2.75) is 65.1 Å². The predicted octanol–water partition coefficient (Wildman–Crippen LogP) is 3.63. The average Bonchev–Trinajstić information content (AvgIpc) is 2.54. The maximum Gasteiger partial charge on any atom is 0.0339 e. The van der Waals surface area contributed by atoms with Crippen LogP contribution in [-0.4, -0.2) is 34.6 Å². The molecule has 0 aliphatic carbocycles. The highest BCUT2D eigenvalue weighted by atomic mass is 15.3. The fraction of sp³-hybridized carbons (Fsp3) is 0.722. The summed E-state index contributed by atoms with van der Waals surface area (Å²) in [4.78, 5) is 7.00. The van der Waals surface area contributed by atoms with E-state index < -0.39 is 0 Å². The highest BCUT2D eigenvalue weighted by Crippen LogP contribution is 2.32. The van der Waals surface area contributed by atoms with Crippen LogP contribution in [0.25, 0.3) is 0 Å². The van der Waals surface area contributed by atoms with Gasteiger partial charge in [0.25, 0.3) is 0 Å². The first-order valence-electron chi connectivity index (χ1n) is 8.43. The van der Waals surface area contributed by atoms with Crippen molar-refractivity contribution in [3.63, 3.8) is 0 Å². The lowest BCUT2D eigenvalue weighted by Crippen LogP contribution is -2.65. The zero-order valence-corrected chi connectivity index (χ0v) is 14.3. The van der Waals surface area contributed by atoms with Crippen LogP contribution in [0.3, 0.4) is 0 Å². The van der Waals surface area contributed by atoms with E-state index in [0.717, 1.165) is 13.1 Å². The summed E-state index contributed by atoms with van der Waals surface area (Å²) >= 11 is 0. The minimum atomic E-state index is 0.266. The predicted molar refractivity (Wildman–Crippen MR) is 89.3 cm³/mol. The van der Waals surface area contributed by atoms with Crippen molar-refractivity contribution < 1.29 is 0 Å². The second kappa shape index (κ2) is 6.89. The molecule has 1 aromatic rings. The van der Waals surface area contributed by atoms with Gasteiger partial charge in [-0.05, 0) is 37.3 Å². The highest BCUT2D eigenvalue weighted by molar-refractivity contribution is 5.15. The van der Waals surface area contributed by atoms with E-state index in [0.29, 0.717) is 18.0 Å². The number of nitrogens with zero attached hydrogens (tertiary/aromatic N) is 2. The van der Waals surface area contributed by atoms with Crippen LogP contribution in [0.1, 0.15) is 59.1 Å². The van der Waals surface area contributed by atoms with E-state index in [1.807, 2.05) is 18.5 Å². The van der Waals surface area contributed by atoms with Crippen molar-refractivity contribution in [2.24, 2.45) is 5.92 Å². The maximum atomic E-state index is 4.30. The Morgan fingerprint density at radius 2 is 2.05 bits per heavy atom. The lowest BCUT2D eigenvalue weighted by atomic mass is 9.85. The van der Waals surface area contributed by atoms with E-state index in [4.69, 9.17) is 0 Å². The molecule has 1 fully saturated rings. The molecule has 21 heavy (non-hydrogen) atoms. The van der Waals surface area contributed by atoms with Crippen molar-refractivity contribution in [1.82, 2.24) is 15.2 Å². The molecule has 0 bridgehead atoms. The van der Waals surface area contributed by atoms with Gasteiger partial charge in [-0.3, -0.25) is 9.88 Å². The monoisotopic (exact) mass is 289 g/mol. The van der Waals surface area contributed by atoms with Crippen molar-refractivity contribution >= 4 is 0 Å². The molecule has 1 N–H and O–H groups in total. The van der Waals surface area contributed by atoms with Gasteiger partial charge in [-0.1, -0.05) is 33.8 Å². The molecule has 3 heteroatoms. The first-order valence-corrected chi connectivity index (χ1v) is 8.43. The van der Waals surface area contributed by atoms with E-state index in [-0.39, 0.29) is 5.54 Å². The molecule has 0 radical (unpaired) electrons. The zero-order chi connectivity index (χ0) is 15.5. The number of hydrogen-bond donors (Lipinski definition) is 1. The van der Waals surface area contributed by atoms with Gasteiger partial charge in [0.2, 0.25) is 0 Å². The molecular formula is C18H31N3. The Morgan fingerprint density at radius 1 is 1.33 bits per heavy atom. The normalized spacial score (nSPS) is 24.2. The first-order chi connectivity index (χ1) is 10.0. The molecule has 118 valence electrons. The molecule has 1 aromatic heterocycles. The minimum Gasteiger partial charge on any atom is -0.308 e. The second-order valence-corrected chi connectivity index (χ2v) is 6.81. The number of pyridine rings is 1. The highest BCUT2D eigenvalue weighted by Gasteiger charge is 2.39. The van der Waals surface area contributed by atoms with Crippen LogP contribution in [0.5, 0.6) is 0 Å². The summed E-state index contributed by atoms with van der Waals surface area (Å²) in [6.07, 6.45) is 6.25. The number of rotatable bonds is 5. The number of aromatic nitrogens is 1. The number of piperazine rings is 1. The smallest absolute Gasteiger partial charge is 0.0339 e. The summed E-state index contributed by atoms with van der Waals surface area (Å²) in [5, 5.41) is 3.84. The van der Waals surface area contributed by atoms with E-state index >= 15 is 0 Å². The quantitative estimate of drug-likeness (QED) is 0.897. The van der Waals surface area contributed by atoms with Crippen LogP contribution < -0.4 is 5.32 Å². The second-order valence-electron chi connectivity index (χ2n) is 6.81. The first kappa shape index (κ1) is 16.4. The Bertz CT molecular complexity index is 425. The topological polar surface area (TPSA) is 28.2 Å². The third-order valence-corrected chi connectivity index (χ3v) is 5.38. The Morgan fingerprint density at radius 3 is 2.57 bits per heavy atom. The van der Waals surface area contributed by atoms with Crippen LogP contribution >= 0.6 is 0 Å². The Hall–Kier alpha value is -0.930. The Kier molecular flexibility index (Phi) is 5.39. The zero-order valence-electron chi connectivity index (χ0n) is 14.3. The van der Waals surface area contributed by atoms with Gasteiger partial charge >= 0.3 is 0 Å². The summed E-state index contributed by atoms with van der Waals surface area (Å²) in [5.41, 5.74) is 1.59. The van der Waals surface area contributed by atoms with Crippen LogP contribution in [-0.2, 0) is 0 Å². The van der Waals surface area contributed by atoms with Crippen molar-refractivity contribution in [2.75, 3.05) is 13.1 Å². The molecule has 2 unspecified atom stereocenters. The third kappa shape index (κ3) is 3.46. The molecular weight excluding hydrogens is 258 g/mol. The average molecular weight is 289 g/mol. The van der Waals surface area contributed by atoms with Crippen LogP contribution in [0.2, 0.25) is 0 Å². The SMILES string of the molecule is CCC1(CC)CN(C(C)c2cccnc2)C(C(C)C)CN1. The minimum absolute atomic E-state index is 0.266. The van der Waals surface area contributed by atoms with E-state index in [2.05, 4.69) is 55.9 Å². The molecule has 0 amide bonds. The molecule has 0 aromatic carbocycles. The lowest BCUT2D eigenvalue weighted by molar-refractivity contribution is 0.0212. The summed E-state index contributed by atoms with van der Waals surface area (Å²) in [6, 6.07) is 5.26. The van der Waals surface area contributed by atoms with Gasteiger partial charge in [-0.2, -0.15) is 0 Å². The summed E-state index contributed by atoms with van der Waals surface area (Å²) in [5.74, 6) is 0.656. The van der Waals surface area contributed by atoms with E-state index in [1.165, 1.54) is 18.4 Å². The van der Waals surface area contributed by atoms with Gasteiger partial charge in [0, 0.05) is 43.1 Å². The molecule has 2 rings (SSSR count). The summed E-state index contributed by atoms with van der Waals surface area (Å²) < 4.78 is 0. The van der Waals surface area contributed by atoms with E-state index in [9.17, 15) is 0 Å². The molecule has 0 saturated carbocycles. The standard InChI is InChI=1S/C18H31N3/c1-6-18(7-2)13-21(17(12-20-18)14(3)4)15(5)16-9-8-10-19-11-16/h8-11,14-15,17,20H,6-7,12-13H2,1-5H3. The summed E-state index contributed by atoms with van der Waals surface area (Å²) in [7, 11) is 0. The lowest BCUT2D eigenvalue weighted by Gasteiger charge is -2.51. The van der Waals surface area contributed by atoms with Gasteiger partial charge in [-0.25, -0.2) is 0 Å². The molecule has 3 nitrogen and oxygen atoms in total. The fourth-order valence-electron chi connectivity index (χ4n) is 3.54. The van der Waals surface area contributed by atoms with Crippen molar-refractivity contribution in [1.29, 1.82) is 0 Å². The van der Waals surface area contributed by atoms with Crippen LogP contribution in [0.15, 0.2) is 24.5 Å². The largest absolute Gasteiger partial charge is 0.308 e. The third-order valence-electron chi connectivity index (χ3n) is 5.38. The van der Waals surface area contributed by atoms with Crippen molar-refractivity contribution in [3.05, 3.63) is 30.1 Å². The Labute approximate surface area is 130 Å². The van der Waals surface area contributed by atoms with Gasteiger partial charge in [0.05, 0.1) is 0 Å². The van der Waals surface area contributed by atoms with Crippen molar-refractivity contribution in [3.8, 4) is 0 Å². The van der Waals surface area contributed by atoms with Crippen LogP contribution in [0.4, 0.5) is 0 Å². The molecule has 2 heterocycles. The number of hydrogen-bond acceptors (Lipinski definition) is 3. The molecule has 2 atom stereocenters.